The molecule has 6 nitrogen and oxygen atoms in total. The second-order valence-corrected chi connectivity index (χ2v) is 8.06. The van der Waals surface area contributed by atoms with Gasteiger partial charge in [0.25, 0.3) is 5.91 Å². The lowest BCUT2D eigenvalue weighted by molar-refractivity contribution is -0.119. The van der Waals surface area contributed by atoms with Crippen molar-refractivity contribution in [1.82, 2.24) is 4.90 Å². The Bertz CT molecular complexity index is 1040. The van der Waals surface area contributed by atoms with E-state index in [9.17, 15) is 9.59 Å². The van der Waals surface area contributed by atoms with Crippen LogP contribution in [0.1, 0.15) is 47.6 Å². The first-order valence-electron chi connectivity index (χ1n) is 10.5. The van der Waals surface area contributed by atoms with Crippen LogP contribution in [0.5, 0.6) is 0 Å². The Morgan fingerprint density at radius 3 is 2.60 bits per heavy atom. The Kier molecular flexibility index (Phi) is 4.91. The molecule has 2 aromatic heterocycles. The minimum absolute atomic E-state index is 0.101. The van der Waals surface area contributed by atoms with Crippen molar-refractivity contribution in [2.45, 2.75) is 38.6 Å². The molecule has 154 valence electrons. The van der Waals surface area contributed by atoms with Gasteiger partial charge >= 0.3 is 0 Å². The normalized spacial score (nSPS) is 16.5. The maximum atomic E-state index is 12.5. The van der Waals surface area contributed by atoms with Gasteiger partial charge in [-0.2, -0.15) is 0 Å². The zero-order valence-corrected chi connectivity index (χ0v) is 16.7. The summed E-state index contributed by atoms with van der Waals surface area (Å²) in [7, 11) is 0. The Hall–Kier alpha value is -3.28. The summed E-state index contributed by atoms with van der Waals surface area (Å²) < 4.78 is 11.3. The molecule has 2 aliphatic rings. The van der Waals surface area contributed by atoms with Gasteiger partial charge in [-0.3, -0.25) is 9.59 Å². The van der Waals surface area contributed by atoms with Crippen LogP contribution in [0.4, 0.5) is 5.69 Å². The van der Waals surface area contributed by atoms with Crippen LogP contribution in [0.3, 0.4) is 0 Å². The first-order valence-corrected chi connectivity index (χ1v) is 10.5. The third-order valence-electron chi connectivity index (χ3n) is 6.05. The van der Waals surface area contributed by atoms with Crippen LogP contribution in [0.15, 0.2) is 57.6 Å². The van der Waals surface area contributed by atoms with Gasteiger partial charge in [-0.15, -0.1) is 0 Å². The molecule has 1 aromatic carbocycles. The number of amides is 2. The number of nitrogens with zero attached hydrogens (tertiary/aromatic N) is 1. The van der Waals surface area contributed by atoms with E-state index in [2.05, 4.69) is 5.32 Å². The lowest BCUT2D eigenvalue weighted by Gasteiger charge is -2.25. The first-order chi connectivity index (χ1) is 14.7. The summed E-state index contributed by atoms with van der Waals surface area (Å²) in [6, 6.07) is 13.2. The summed E-state index contributed by atoms with van der Waals surface area (Å²) in [5.41, 5.74) is 2.78. The van der Waals surface area contributed by atoms with Crippen LogP contribution >= 0.6 is 0 Å². The number of anilines is 1. The largest absolute Gasteiger partial charge is 0.461 e. The Labute approximate surface area is 174 Å². The van der Waals surface area contributed by atoms with E-state index < -0.39 is 0 Å². The SMILES string of the molecule is O=C(Nc1ccc(-c2cc3c(o2)CCN(C(=O)c2ccco2)C3)cc1)C1CCCC1. The average molecular weight is 404 g/mol. The number of carbonyl (C=O) groups is 2. The molecule has 5 rings (SSSR count). The molecule has 0 atom stereocenters. The van der Waals surface area contributed by atoms with Gasteiger partial charge in [-0.05, 0) is 55.3 Å². The molecule has 0 spiro atoms. The van der Waals surface area contributed by atoms with Crippen LogP contribution in [0, 0.1) is 5.92 Å². The molecule has 1 aliphatic heterocycles. The molecule has 0 bridgehead atoms. The highest BCUT2D eigenvalue weighted by molar-refractivity contribution is 5.93. The van der Waals surface area contributed by atoms with Gasteiger partial charge in [0.2, 0.25) is 5.91 Å². The molecule has 0 radical (unpaired) electrons. The molecule has 6 heteroatoms. The maximum absolute atomic E-state index is 12.5. The molecule has 3 heterocycles. The van der Waals surface area contributed by atoms with Crippen molar-refractivity contribution < 1.29 is 18.4 Å². The Morgan fingerprint density at radius 1 is 1.07 bits per heavy atom. The van der Waals surface area contributed by atoms with Crippen LogP contribution in [-0.4, -0.2) is 23.3 Å². The van der Waals surface area contributed by atoms with Crippen LogP contribution in [0.2, 0.25) is 0 Å². The number of carbonyl (C=O) groups excluding carboxylic acids is 2. The average Bonchev–Trinajstić information content (AvgIpc) is 3.54. The number of furan rings is 2. The number of hydrogen-bond donors (Lipinski definition) is 1. The van der Waals surface area contributed by atoms with E-state index in [1.165, 1.54) is 6.26 Å². The van der Waals surface area contributed by atoms with Crippen molar-refractivity contribution in [3.63, 3.8) is 0 Å². The summed E-state index contributed by atoms with van der Waals surface area (Å²) in [6.07, 6.45) is 6.45. The van der Waals surface area contributed by atoms with Crippen molar-refractivity contribution in [3.05, 3.63) is 65.8 Å². The van der Waals surface area contributed by atoms with Crippen molar-refractivity contribution in [3.8, 4) is 11.3 Å². The van der Waals surface area contributed by atoms with Gasteiger partial charge in [0, 0.05) is 42.2 Å². The van der Waals surface area contributed by atoms with E-state index in [1.807, 2.05) is 30.3 Å². The topological polar surface area (TPSA) is 75.7 Å². The predicted molar refractivity (Wildman–Crippen MR) is 112 cm³/mol. The highest BCUT2D eigenvalue weighted by atomic mass is 16.3. The fourth-order valence-electron chi connectivity index (χ4n) is 4.35. The molecule has 1 N–H and O–H groups in total. The lowest BCUT2D eigenvalue weighted by atomic mass is 10.1. The number of hydrogen-bond acceptors (Lipinski definition) is 4. The molecule has 2 amide bonds. The third kappa shape index (κ3) is 3.65. The monoisotopic (exact) mass is 404 g/mol. The van der Waals surface area contributed by atoms with Gasteiger partial charge in [0.05, 0.1) is 6.26 Å². The van der Waals surface area contributed by atoms with E-state index in [-0.39, 0.29) is 17.7 Å². The summed E-state index contributed by atoms with van der Waals surface area (Å²) in [6.45, 7) is 1.11. The van der Waals surface area contributed by atoms with Crippen LogP contribution < -0.4 is 5.32 Å². The predicted octanol–water partition coefficient (Wildman–Crippen LogP) is 4.87. The minimum Gasteiger partial charge on any atom is -0.461 e. The van der Waals surface area contributed by atoms with Gasteiger partial charge in [0.1, 0.15) is 11.5 Å². The minimum atomic E-state index is -0.101. The maximum Gasteiger partial charge on any atom is 0.289 e. The molecule has 30 heavy (non-hydrogen) atoms. The fourth-order valence-corrected chi connectivity index (χ4v) is 4.35. The molecular weight excluding hydrogens is 380 g/mol. The van der Waals surface area contributed by atoms with E-state index in [4.69, 9.17) is 8.83 Å². The number of nitrogens with one attached hydrogen (secondary N) is 1. The molecule has 0 saturated heterocycles. The van der Waals surface area contributed by atoms with Gasteiger partial charge in [-0.1, -0.05) is 12.8 Å². The molecule has 0 unspecified atom stereocenters. The molecular formula is C24H24N2O4. The van der Waals surface area contributed by atoms with Crippen LogP contribution in [0.25, 0.3) is 11.3 Å². The zero-order chi connectivity index (χ0) is 20.5. The summed E-state index contributed by atoms with van der Waals surface area (Å²) >= 11 is 0. The zero-order valence-electron chi connectivity index (χ0n) is 16.7. The van der Waals surface area contributed by atoms with Crippen molar-refractivity contribution in [2.75, 3.05) is 11.9 Å². The molecule has 1 fully saturated rings. The van der Waals surface area contributed by atoms with E-state index in [1.54, 1.807) is 17.0 Å². The second-order valence-electron chi connectivity index (χ2n) is 8.06. The summed E-state index contributed by atoms with van der Waals surface area (Å²) in [5.74, 6) is 2.23. The van der Waals surface area contributed by atoms with E-state index in [0.717, 1.165) is 54.0 Å². The standard InChI is InChI=1S/C24H24N2O4/c27-23(17-4-1-2-5-17)25-19-9-7-16(8-10-19)22-14-18-15-26(12-11-20(18)30-22)24(28)21-6-3-13-29-21/h3,6-10,13-14,17H,1-2,4-5,11-12,15H2,(H,25,27). The van der Waals surface area contributed by atoms with Crippen molar-refractivity contribution in [2.24, 2.45) is 5.92 Å². The van der Waals surface area contributed by atoms with Gasteiger partial charge < -0.3 is 19.1 Å². The molecule has 1 aliphatic carbocycles. The Morgan fingerprint density at radius 2 is 1.87 bits per heavy atom. The number of benzene rings is 1. The number of rotatable bonds is 4. The van der Waals surface area contributed by atoms with Gasteiger partial charge in [0.15, 0.2) is 5.76 Å². The number of fused-ring (bicyclic) bond motifs is 1. The summed E-state index contributed by atoms with van der Waals surface area (Å²) in [4.78, 5) is 26.6. The van der Waals surface area contributed by atoms with Crippen molar-refractivity contribution in [1.29, 1.82) is 0 Å². The highest BCUT2D eigenvalue weighted by Gasteiger charge is 2.26. The molecule has 1 saturated carbocycles. The third-order valence-corrected chi connectivity index (χ3v) is 6.05. The van der Waals surface area contributed by atoms with Crippen molar-refractivity contribution >= 4 is 17.5 Å². The fraction of sp³-hybridized carbons (Fsp3) is 0.333. The van der Waals surface area contributed by atoms with E-state index in [0.29, 0.717) is 25.3 Å². The van der Waals surface area contributed by atoms with Gasteiger partial charge in [-0.25, -0.2) is 0 Å². The molecule has 3 aromatic rings. The summed E-state index contributed by atoms with van der Waals surface area (Å²) in [5, 5.41) is 3.02. The quantitative estimate of drug-likeness (QED) is 0.673. The second kappa shape index (κ2) is 7.86. The Balaban J connectivity index is 1.27. The lowest BCUT2D eigenvalue weighted by Crippen LogP contribution is -2.35. The highest BCUT2D eigenvalue weighted by Crippen LogP contribution is 2.31. The smallest absolute Gasteiger partial charge is 0.289 e. The van der Waals surface area contributed by atoms with E-state index >= 15 is 0 Å². The van der Waals surface area contributed by atoms with Crippen LogP contribution in [-0.2, 0) is 17.8 Å². The first kappa shape index (κ1) is 18.7.